The van der Waals surface area contributed by atoms with Gasteiger partial charge in [0.2, 0.25) is 0 Å². The molecule has 0 atom stereocenters. The highest BCUT2D eigenvalue weighted by Gasteiger charge is 2.18. The van der Waals surface area contributed by atoms with Gasteiger partial charge < -0.3 is 29.9 Å². The van der Waals surface area contributed by atoms with Crippen LogP contribution in [0.1, 0.15) is 78.2 Å². The van der Waals surface area contributed by atoms with Crippen LogP contribution in [0.4, 0.5) is 0 Å². The van der Waals surface area contributed by atoms with Crippen molar-refractivity contribution in [3.63, 3.8) is 0 Å². The van der Waals surface area contributed by atoms with Gasteiger partial charge in [-0.05, 0) is 97.5 Å². The molecule has 10 heteroatoms. The number of aromatic carboxylic acids is 4. The predicted molar refractivity (Wildman–Crippen MR) is 160 cm³/mol. The Hall–Kier alpha value is -5.64. The highest BCUT2D eigenvalue weighted by molar-refractivity contribution is 6.02. The van der Waals surface area contributed by atoms with Crippen LogP contribution in [0.25, 0.3) is 0 Å². The zero-order valence-corrected chi connectivity index (χ0v) is 23.6. The summed E-state index contributed by atoms with van der Waals surface area (Å²) in [5, 5.41) is 36.9. The highest BCUT2D eigenvalue weighted by Crippen LogP contribution is 2.27. The summed E-state index contributed by atoms with van der Waals surface area (Å²) in [5.74, 6) is -3.79. The molecule has 0 amide bonds. The monoisotopic (exact) mass is 598 g/mol. The second kappa shape index (κ2) is 14.5. The molecule has 4 aromatic carbocycles. The van der Waals surface area contributed by atoms with E-state index in [-0.39, 0.29) is 33.8 Å². The van der Waals surface area contributed by atoms with Gasteiger partial charge in [-0.3, -0.25) is 0 Å². The Morgan fingerprint density at radius 3 is 1.05 bits per heavy atom. The van der Waals surface area contributed by atoms with Crippen LogP contribution >= 0.6 is 0 Å². The van der Waals surface area contributed by atoms with Gasteiger partial charge in [0.15, 0.2) is 0 Å². The van der Waals surface area contributed by atoms with Gasteiger partial charge in [-0.1, -0.05) is 37.1 Å². The fourth-order valence-corrected chi connectivity index (χ4v) is 4.63. The average molecular weight is 599 g/mol. The number of carboxylic acids is 4. The fourth-order valence-electron chi connectivity index (χ4n) is 4.63. The average Bonchev–Trinajstić information content (AvgIpc) is 3.00. The maximum Gasteiger partial charge on any atom is 0.336 e. The second-order valence-electron chi connectivity index (χ2n) is 10.0. The third-order valence-electron chi connectivity index (χ3n) is 6.90. The number of benzene rings is 4. The van der Waals surface area contributed by atoms with Crippen LogP contribution in [0, 0.1) is 0 Å². The first-order chi connectivity index (χ1) is 21.1. The Morgan fingerprint density at radius 2 is 0.727 bits per heavy atom. The minimum absolute atomic E-state index is 0.240. The van der Waals surface area contributed by atoms with Gasteiger partial charge in [0, 0.05) is 0 Å². The molecule has 44 heavy (non-hydrogen) atoms. The van der Waals surface area contributed by atoms with Gasteiger partial charge in [0.05, 0.1) is 22.3 Å². The third kappa shape index (κ3) is 8.45. The molecule has 0 aliphatic heterocycles. The quantitative estimate of drug-likeness (QED) is 0.101. The van der Waals surface area contributed by atoms with Gasteiger partial charge >= 0.3 is 23.9 Å². The molecule has 0 fully saturated rings. The lowest BCUT2D eigenvalue weighted by Gasteiger charge is -2.09. The largest absolute Gasteiger partial charge is 0.478 e. The van der Waals surface area contributed by atoms with Crippen molar-refractivity contribution in [2.75, 3.05) is 0 Å². The molecule has 0 saturated carbocycles. The number of carbonyl (C=O) groups is 4. The summed E-state index contributed by atoms with van der Waals surface area (Å²) in [6.07, 6.45) is 5.96. The number of hydrogen-bond donors (Lipinski definition) is 4. The van der Waals surface area contributed by atoms with Crippen molar-refractivity contribution in [2.45, 2.75) is 38.5 Å². The first-order valence-corrected chi connectivity index (χ1v) is 13.9. The van der Waals surface area contributed by atoms with Gasteiger partial charge in [-0.25, -0.2) is 19.2 Å². The normalized spacial score (nSPS) is 10.6. The molecule has 0 spiro atoms. The predicted octanol–water partition coefficient (Wildman–Crippen LogP) is 7.41. The smallest absolute Gasteiger partial charge is 0.336 e. The maximum atomic E-state index is 11.4. The molecule has 0 heterocycles. The summed E-state index contributed by atoms with van der Waals surface area (Å²) >= 11 is 0. The summed E-state index contributed by atoms with van der Waals surface area (Å²) in [6, 6.07) is 22.7. The summed E-state index contributed by atoms with van der Waals surface area (Å²) in [7, 11) is 0. The van der Waals surface area contributed by atoms with Crippen LogP contribution in [0.5, 0.6) is 23.0 Å². The van der Waals surface area contributed by atoms with Crippen LogP contribution in [0.2, 0.25) is 0 Å². The van der Waals surface area contributed by atoms with Gasteiger partial charge in [-0.2, -0.15) is 0 Å². The van der Waals surface area contributed by atoms with Gasteiger partial charge in [-0.15, -0.1) is 0 Å². The molecule has 226 valence electrons. The van der Waals surface area contributed by atoms with E-state index in [9.17, 15) is 29.4 Å². The van der Waals surface area contributed by atoms with E-state index >= 15 is 0 Å². The Balaban J connectivity index is 1.18. The van der Waals surface area contributed by atoms with Crippen LogP contribution in [-0.2, 0) is 12.8 Å². The second-order valence-corrected chi connectivity index (χ2v) is 10.0. The third-order valence-corrected chi connectivity index (χ3v) is 6.90. The molecule has 0 aliphatic rings. The molecule has 0 unspecified atom stereocenters. The minimum atomic E-state index is -1.34. The van der Waals surface area contributed by atoms with Crippen LogP contribution in [0.3, 0.4) is 0 Å². The lowest BCUT2D eigenvalue weighted by Crippen LogP contribution is -2.07. The molecule has 10 nitrogen and oxygen atoms in total. The molecule has 0 aliphatic carbocycles. The van der Waals surface area contributed by atoms with Crippen molar-refractivity contribution >= 4 is 23.9 Å². The number of ether oxygens (including phenoxy) is 2. The van der Waals surface area contributed by atoms with Crippen LogP contribution in [-0.4, -0.2) is 44.3 Å². The lowest BCUT2D eigenvalue weighted by molar-refractivity contribution is 0.0651. The molecule has 4 aromatic rings. The SMILES string of the molecule is O=C(O)c1ccc(Oc2ccc(CCCCCCc3ccc(Oc4ccc(C(=O)O)c(C(=O)O)c4)cc3)cc2)cc1C(=O)O. The van der Waals surface area contributed by atoms with Crippen molar-refractivity contribution in [1.82, 2.24) is 0 Å². The molecule has 0 saturated heterocycles. The Kier molecular flexibility index (Phi) is 10.3. The molecular formula is C34H30O10. The van der Waals surface area contributed by atoms with E-state index in [2.05, 4.69) is 0 Å². The summed E-state index contributed by atoms with van der Waals surface area (Å²) in [6.45, 7) is 0. The lowest BCUT2D eigenvalue weighted by atomic mass is 10.0. The van der Waals surface area contributed by atoms with Crippen LogP contribution in [0.15, 0.2) is 84.9 Å². The van der Waals surface area contributed by atoms with E-state index in [1.54, 1.807) is 24.3 Å². The van der Waals surface area contributed by atoms with Crippen LogP contribution < -0.4 is 9.47 Å². The number of unbranched alkanes of at least 4 members (excludes halogenated alkanes) is 3. The number of hydrogen-bond acceptors (Lipinski definition) is 6. The first-order valence-electron chi connectivity index (χ1n) is 13.9. The summed E-state index contributed by atoms with van der Waals surface area (Å²) in [4.78, 5) is 45.2. The Labute approximate surface area is 252 Å². The number of aryl methyl sites for hydroxylation is 2. The minimum Gasteiger partial charge on any atom is -0.478 e. The first kappa shape index (κ1) is 31.3. The van der Waals surface area contributed by atoms with Gasteiger partial charge in [0.25, 0.3) is 0 Å². The maximum absolute atomic E-state index is 11.4. The van der Waals surface area contributed by atoms with E-state index in [1.165, 1.54) is 36.4 Å². The topological polar surface area (TPSA) is 168 Å². The molecule has 0 aromatic heterocycles. The summed E-state index contributed by atoms with van der Waals surface area (Å²) < 4.78 is 11.4. The van der Waals surface area contributed by atoms with E-state index in [0.717, 1.165) is 49.7 Å². The highest BCUT2D eigenvalue weighted by atomic mass is 16.5. The van der Waals surface area contributed by atoms with Crippen molar-refractivity contribution < 1.29 is 49.1 Å². The van der Waals surface area contributed by atoms with Crippen molar-refractivity contribution in [2.24, 2.45) is 0 Å². The standard InChI is InChI=1S/C34H30O10/c35-31(36)27-17-15-25(19-29(27)33(39)40)43-23-11-7-21(8-12-23)5-3-1-2-4-6-22-9-13-24(14-10-22)44-26-16-18-28(32(37)38)30(20-26)34(41)42/h7-20H,1-6H2,(H,35,36)(H,37,38)(H,39,40)(H,41,42). The molecule has 0 radical (unpaired) electrons. The van der Waals surface area contributed by atoms with Gasteiger partial charge in [0.1, 0.15) is 23.0 Å². The Bertz CT molecular complexity index is 1530. The van der Waals surface area contributed by atoms with E-state index in [1.807, 2.05) is 24.3 Å². The number of carboxylic acid groups (broad SMARTS) is 4. The van der Waals surface area contributed by atoms with Crippen molar-refractivity contribution in [1.29, 1.82) is 0 Å². The molecular weight excluding hydrogens is 568 g/mol. The van der Waals surface area contributed by atoms with E-state index in [0.29, 0.717) is 11.5 Å². The Morgan fingerprint density at radius 1 is 0.409 bits per heavy atom. The molecule has 4 rings (SSSR count). The molecule has 4 N–H and O–H groups in total. The van der Waals surface area contributed by atoms with E-state index in [4.69, 9.17) is 19.7 Å². The molecule has 0 bridgehead atoms. The number of rotatable bonds is 15. The zero-order valence-electron chi connectivity index (χ0n) is 23.6. The summed E-state index contributed by atoms with van der Waals surface area (Å²) in [5.41, 5.74) is 1.02. The van der Waals surface area contributed by atoms with Crippen molar-refractivity contribution in [3.05, 3.63) is 118 Å². The fraction of sp³-hybridized carbons (Fsp3) is 0.176. The van der Waals surface area contributed by atoms with Crippen molar-refractivity contribution in [3.8, 4) is 23.0 Å². The van der Waals surface area contributed by atoms with E-state index < -0.39 is 23.9 Å². The zero-order chi connectivity index (χ0) is 31.6.